The number of hydrogen-bond acceptors (Lipinski definition) is 4. The zero-order valence-corrected chi connectivity index (χ0v) is 26.4. The van der Waals surface area contributed by atoms with Gasteiger partial charge in [0.15, 0.2) is 12.2 Å². The largest absolute Gasteiger partial charge is 0.378 e. The van der Waals surface area contributed by atoms with Gasteiger partial charge < -0.3 is 20.8 Å². The highest BCUT2D eigenvalue weighted by molar-refractivity contribution is 8.01. The first-order chi connectivity index (χ1) is 23.0. The Kier molecular flexibility index (Phi) is 9.65. The van der Waals surface area contributed by atoms with Crippen molar-refractivity contribution in [2.24, 2.45) is 0 Å². The summed E-state index contributed by atoms with van der Waals surface area (Å²) >= 11 is 0. The smallest absolute Gasteiger partial charge is 0.257 e. The van der Waals surface area contributed by atoms with E-state index in [0.717, 1.165) is 21.2 Å². The van der Waals surface area contributed by atoms with Gasteiger partial charge >= 0.3 is 0 Å². The maximum absolute atomic E-state index is 13.4. The quantitative estimate of drug-likeness (QED) is 0.146. The van der Waals surface area contributed by atoms with Crippen LogP contribution in [0.1, 0.15) is 23.3 Å². The molecule has 7 heteroatoms. The molecule has 0 fully saturated rings. The lowest BCUT2D eigenvalue weighted by Gasteiger charge is -2.28. The van der Waals surface area contributed by atoms with E-state index in [1.54, 1.807) is 54.6 Å². The predicted molar refractivity (Wildman–Crippen MR) is 191 cm³/mol. The maximum Gasteiger partial charge on any atom is 0.257 e. The molecular formula is C40H34N2O4P+. The van der Waals surface area contributed by atoms with Crippen LogP contribution in [0, 0.1) is 0 Å². The summed E-state index contributed by atoms with van der Waals surface area (Å²) in [5.41, 5.74) is 1.69. The molecule has 6 rings (SSSR count). The number of aliphatic hydroxyl groups excluding tert-OH is 2. The zero-order chi connectivity index (χ0) is 32.6. The molecule has 0 aliphatic rings. The van der Waals surface area contributed by atoms with Crippen LogP contribution >= 0.6 is 7.26 Å². The van der Waals surface area contributed by atoms with Gasteiger partial charge in [0, 0.05) is 23.5 Å². The average molecular weight is 638 g/mol. The van der Waals surface area contributed by atoms with Crippen molar-refractivity contribution in [3.05, 3.63) is 181 Å². The van der Waals surface area contributed by atoms with Gasteiger partial charge in [0.05, 0.1) is 0 Å². The highest BCUT2D eigenvalue weighted by atomic mass is 31.2. The van der Waals surface area contributed by atoms with Crippen LogP contribution in [0.2, 0.25) is 0 Å². The van der Waals surface area contributed by atoms with E-state index in [9.17, 15) is 19.8 Å². The third kappa shape index (κ3) is 6.76. The lowest BCUT2D eigenvalue weighted by molar-refractivity contribution is -0.124. The Morgan fingerprint density at radius 2 is 0.723 bits per heavy atom. The van der Waals surface area contributed by atoms with Gasteiger partial charge in [0.25, 0.3) is 11.8 Å². The van der Waals surface area contributed by atoms with E-state index in [4.69, 9.17) is 0 Å². The molecule has 4 N–H and O–H groups in total. The van der Waals surface area contributed by atoms with Crippen molar-refractivity contribution in [2.45, 2.75) is 12.2 Å². The molecule has 0 heterocycles. The monoisotopic (exact) mass is 637 g/mol. The first kappa shape index (κ1) is 31.6. The molecular weight excluding hydrogens is 603 g/mol. The first-order valence-corrected chi connectivity index (χ1v) is 17.0. The summed E-state index contributed by atoms with van der Waals surface area (Å²) in [6.45, 7) is 0. The standard InChI is InChI=1S/C40H33N2O4P/c43-37(29-16-6-1-7-17-29)39(45)41-31-26-32(42-40(46)38(44)30-18-8-2-9-19-30)28-36(27-31)47(33-20-10-3-11-21-33,34-22-12-4-13-23-34)35-24-14-5-15-25-35/h1-28,37-38,43-44H,(H-,41,42,45,46)/p+1/t37-,38-/m0/s1. The van der Waals surface area contributed by atoms with Gasteiger partial charge in [0.2, 0.25) is 0 Å². The number of rotatable bonds is 10. The van der Waals surface area contributed by atoms with Crippen molar-refractivity contribution in [3.63, 3.8) is 0 Å². The molecule has 232 valence electrons. The molecule has 0 aliphatic heterocycles. The van der Waals surface area contributed by atoms with E-state index in [2.05, 4.69) is 47.0 Å². The normalized spacial score (nSPS) is 12.5. The van der Waals surface area contributed by atoms with Crippen molar-refractivity contribution in [1.82, 2.24) is 0 Å². The Labute approximate surface area is 274 Å². The second-order valence-electron chi connectivity index (χ2n) is 11.1. The van der Waals surface area contributed by atoms with Gasteiger partial charge in [0.1, 0.15) is 28.5 Å². The summed E-state index contributed by atoms with van der Waals surface area (Å²) in [7, 11) is -2.64. The third-order valence-corrected chi connectivity index (χ3v) is 12.2. The minimum Gasteiger partial charge on any atom is -0.378 e. The van der Waals surface area contributed by atoms with Crippen LogP contribution in [-0.4, -0.2) is 22.0 Å². The molecule has 6 nitrogen and oxygen atoms in total. The molecule has 0 saturated heterocycles. The van der Waals surface area contributed by atoms with Crippen LogP contribution in [-0.2, 0) is 9.59 Å². The molecule has 6 aromatic rings. The van der Waals surface area contributed by atoms with Gasteiger partial charge in [-0.2, -0.15) is 0 Å². The molecule has 47 heavy (non-hydrogen) atoms. The van der Waals surface area contributed by atoms with E-state index in [-0.39, 0.29) is 0 Å². The minimum atomic E-state index is -2.64. The maximum atomic E-state index is 13.4. The number of anilines is 2. The molecule has 0 saturated carbocycles. The molecule has 0 bridgehead atoms. The van der Waals surface area contributed by atoms with Crippen molar-refractivity contribution in [1.29, 1.82) is 0 Å². The SMILES string of the molecule is O=C(Nc1cc(NC(=O)[C@@H](O)c2ccccc2)cc([P+](c2ccccc2)(c2ccccc2)c2ccccc2)c1)[C@@H](O)c1ccccc1. The van der Waals surface area contributed by atoms with Gasteiger partial charge in [-0.3, -0.25) is 9.59 Å². The Hall–Kier alpha value is -5.39. The Morgan fingerprint density at radius 1 is 0.426 bits per heavy atom. The third-order valence-electron chi connectivity index (χ3n) is 8.00. The zero-order valence-electron chi connectivity index (χ0n) is 25.5. The Balaban J connectivity index is 1.53. The molecule has 2 amide bonds. The summed E-state index contributed by atoms with van der Waals surface area (Å²) in [4.78, 5) is 26.9. The molecule has 0 aromatic heterocycles. The van der Waals surface area contributed by atoms with Gasteiger partial charge in [-0.05, 0) is 53.6 Å². The molecule has 0 unspecified atom stereocenters. The fraction of sp³-hybridized carbons (Fsp3) is 0.0500. The summed E-state index contributed by atoms with van der Waals surface area (Å²) in [5.74, 6) is -1.23. The van der Waals surface area contributed by atoms with Crippen LogP contribution in [0.25, 0.3) is 0 Å². The van der Waals surface area contributed by atoms with Crippen molar-refractivity contribution >= 4 is 51.7 Å². The highest BCUT2D eigenvalue weighted by Gasteiger charge is 2.48. The molecule has 2 atom stereocenters. The van der Waals surface area contributed by atoms with Crippen molar-refractivity contribution in [2.75, 3.05) is 10.6 Å². The van der Waals surface area contributed by atoms with Gasteiger partial charge in [-0.25, -0.2) is 0 Å². The topological polar surface area (TPSA) is 98.7 Å². The van der Waals surface area contributed by atoms with Crippen molar-refractivity contribution in [3.8, 4) is 0 Å². The first-order valence-electron chi connectivity index (χ1n) is 15.3. The summed E-state index contributed by atoms with van der Waals surface area (Å²) < 4.78 is 0. The van der Waals surface area contributed by atoms with Crippen LogP contribution in [0.5, 0.6) is 0 Å². The number of amides is 2. The number of hydrogen-bond donors (Lipinski definition) is 4. The number of carbonyl (C=O) groups excluding carboxylic acids is 2. The second-order valence-corrected chi connectivity index (χ2v) is 14.5. The van der Waals surface area contributed by atoms with Gasteiger partial charge in [-0.15, -0.1) is 0 Å². The molecule has 6 aromatic carbocycles. The van der Waals surface area contributed by atoms with Gasteiger partial charge in [-0.1, -0.05) is 115 Å². The lowest BCUT2D eigenvalue weighted by atomic mass is 10.1. The number of nitrogens with one attached hydrogen (secondary N) is 2. The Morgan fingerprint density at radius 3 is 1.04 bits per heavy atom. The number of benzene rings is 6. The molecule has 0 spiro atoms. The fourth-order valence-corrected chi connectivity index (χ4v) is 10.1. The average Bonchev–Trinajstić information content (AvgIpc) is 3.13. The fourth-order valence-electron chi connectivity index (χ4n) is 5.79. The van der Waals surface area contributed by atoms with E-state index in [1.165, 1.54) is 0 Å². The van der Waals surface area contributed by atoms with Crippen LogP contribution in [0.3, 0.4) is 0 Å². The minimum absolute atomic E-state index is 0.388. The van der Waals surface area contributed by atoms with E-state index in [0.29, 0.717) is 22.5 Å². The lowest BCUT2D eigenvalue weighted by Crippen LogP contribution is -2.39. The predicted octanol–water partition coefficient (Wildman–Crippen LogP) is 5.65. The van der Waals surface area contributed by atoms with Crippen LogP contribution < -0.4 is 31.9 Å². The van der Waals surface area contributed by atoms with Crippen LogP contribution in [0.15, 0.2) is 170 Å². The summed E-state index contributed by atoms with van der Waals surface area (Å²) in [6.07, 6.45) is -2.82. The van der Waals surface area contributed by atoms with Crippen molar-refractivity contribution < 1.29 is 19.8 Å². The molecule has 0 aliphatic carbocycles. The van der Waals surface area contributed by atoms with Crippen LogP contribution in [0.4, 0.5) is 11.4 Å². The van der Waals surface area contributed by atoms with E-state index >= 15 is 0 Å². The summed E-state index contributed by atoms with van der Waals surface area (Å²) in [5, 5.41) is 31.7. The molecule has 0 radical (unpaired) electrons. The Bertz CT molecular complexity index is 1770. The summed E-state index contributed by atoms with van der Waals surface area (Å²) in [6, 6.07) is 53.5. The highest BCUT2D eigenvalue weighted by Crippen LogP contribution is 2.55. The van der Waals surface area contributed by atoms with E-state index in [1.807, 2.05) is 78.9 Å². The number of carbonyl (C=O) groups is 2. The second kappa shape index (κ2) is 14.4. The number of aliphatic hydroxyl groups is 2. The van der Waals surface area contributed by atoms with E-state index < -0.39 is 31.3 Å².